The van der Waals surface area contributed by atoms with Gasteiger partial charge in [-0.05, 0) is 6.92 Å². The number of carboxylic acid groups (broad SMARTS) is 1. The molecule has 1 aromatic rings. The summed E-state index contributed by atoms with van der Waals surface area (Å²) in [6, 6.07) is -0.388. The second-order valence-electron chi connectivity index (χ2n) is 3.42. The van der Waals surface area contributed by atoms with Crippen LogP contribution >= 0.6 is 11.3 Å². The monoisotopic (exact) mass is 243 g/mol. The molecule has 16 heavy (non-hydrogen) atoms. The quantitative estimate of drug-likeness (QED) is 0.687. The first kappa shape index (κ1) is 12.4. The lowest BCUT2D eigenvalue weighted by atomic mass is 10.2. The summed E-state index contributed by atoms with van der Waals surface area (Å²) in [5.74, 6) is -1.19. The number of carboxylic acids is 1. The highest BCUT2D eigenvalue weighted by Gasteiger charge is 2.12. The third kappa shape index (κ3) is 4.26. The summed E-state index contributed by atoms with van der Waals surface area (Å²) in [5.41, 5.74) is 6.02. The lowest BCUT2D eigenvalue weighted by Gasteiger charge is -2.10. The summed E-state index contributed by atoms with van der Waals surface area (Å²) < 4.78 is 0. The molecule has 0 aromatic carbocycles. The molecule has 88 valence electrons. The largest absolute Gasteiger partial charge is 0.481 e. The minimum absolute atomic E-state index is 0.0923. The van der Waals surface area contributed by atoms with Gasteiger partial charge < -0.3 is 16.2 Å². The lowest BCUT2D eigenvalue weighted by Crippen LogP contribution is -2.35. The molecule has 0 fully saturated rings. The zero-order valence-corrected chi connectivity index (χ0v) is 9.58. The highest BCUT2D eigenvalue weighted by molar-refractivity contribution is 7.13. The molecule has 0 spiro atoms. The molecular weight excluding hydrogens is 230 g/mol. The predicted octanol–water partition coefficient (Wildman–Crippen LogP) is 0.247. The molecule has 4 N–H and O–H groups in total. The molecule has 0 saturated carbocycles. The Morgan fingerprint density at radius 2 is 2.38 bits per heavy atom. The van der Waals surface area contributed by atoms with Crippen LogP contribution in [0.3, 0.4) is 0 Å². The molecule has 0 aliphatic carbocycles. The number of rotatable bonds is 5. The van der Waals surface area contributed by atoms with Gasteiger partial charge in [-0.3, -0.25) is 9.59 Å². The van der Waals surface area contributed by atoms with Crippen LogP contribution in [0, 0.1) is 0 Å². The molecule has 1 rings (SSSR count). The Morgan fingerprint density at radius 1 is 1.69 bits per heavy atom. The van der Waals surface area contributed by atoms with Gasteiger partial charge in [0.05, 0.1) is 18.5 Å². The highest BCUT2D eigenvalue weighted by atomic mass is 32.1. The van der Waals surface area contributed by atoms with E-state index >= 15 is 0 Å². The summed E-state index contributed by atoms with van der Waals surface area (Å²) in [6.45, 7) is 1.64. The van der Waals surface area contributed by atoms with E-state index < -0.39 is 5.97 Å². The summed E-state index contributed by atoms with van der Waals surface area (Å²) in [4.78, 5) is 25.7. The zero-order valence-electron chi connectivity index (χ0n) is 8.77. The van der Waals surface area contributed by atoms with E-state index in [2.05, 4.69) is 10.3 Å². The van der Waals surface area contributed by atoms with Crippen LogP contribution in [-0.4, -0.2) is 28.0 Å². The second kappa shape index (κ2) is 5.45. The number of nitrogens with two attached hydrogens (primary N) is 1. The Bertz CT molecular complexity index is 391. The van der Waals surface area contributed by atoms with Crippen LogP contribution in [0.1, 0.15) is 19.0 Å². The lowest BCUT2D eigenvalue weighted by molar-refractivity contribution is -0.137. The second-order valence-corrected chi connectivity index (χ2v) is 4.31. The molecular formula is C9H13N3O3S. The Kier molecular flexibility index (Phi) is 4.24. The molecule has 0 saturated heterocycles. The molecule has 0 aliphatic rings. The standard InChI is InChI=1S/C9H13N3O3S/c1-5(2-8(14)15)11-7(13)3-6-4-16-9(10)12-6/h4-5H,2-3H2,1H3,(H2,10,12)(H,11,13)(H,14,15). The molecule has 1 atom stereocenters. The van der Waals surface area contributed by atoms with E-state index in [9.17, 15) is 9.59 Å². The van der Waals surface area contributed by atoms with Crippen molar-refractivity contribution in [3.63, 3.8) is 0 Å². The maximum Gasteiger partial charge on any atom is 0.305 e. The SMILES string of the molecule is CC(CC(=O)O)NC(=O)Cc1csc(N)n1. The fraction of sp³-hybridized carbons (Fsp3) is 0.444. The van der Waals surface area contributed by atoms with Crippen LogP contribution in [0.15, 0.2) is 5.38 Å². The number of nitrogens with zero attached hydrogens (tertiary/aromatic N) is 1. The predicted molar refractivity (Wildman–Crippen MR) is 60.1 cm³/mol. The minimum atomic E-state index is -0.939. The number of carbonyl (C=O) groups excluding carboxylic acids is 1. The van der Waals surface area contributed by atoms with Crippen LogP contribution in [0.25, 0.3) is 0 Å². The number of thiazole rings is 1. The maximum atomic E-state index is 11.4. The van der Waals surface area contributed by atoms with E-state index in [4.69, 9.17) is 10.8 Å². The van der Waals surface area contributed by atoms with Crippen molar-refractivity contribution >= 4 is 28.3 Å². The third-order valence-corrected chi connectivity index (χ3v) is 2.52. The van der Waals surface area contributed by atoms with Gasteiger partial charge >= 0.3 is 5.97 Å². The normalized spacial score (nSPS) is 12.1. The van der Waals surface area contributed by atoms with Crippen LogP contribution < -0.4 is 11.1 Å². The number of anilines is 1. The van der Waals surface area contributed by atoms with Crippen molar-refractivity contribution in [2.45, 2.75) is 25.8 Å². The molecule has 1 unspecified atom stereocenters. The maximum absolute atomic E-state index is 11.4. The molecule has 0 aliphatic heterocycles. The average Bonchev–Trinajstić information content (AvgIpc) is 2.48. The van der Waals surface area contributed by atoms with E-state index in [0.717, 1.165) is 0 Å². The number of hydrogen-bond acceptors (Lipinski definition) is 5. The topological polar surface area (TPSA) is 105 Å². The molecule has 0 bridgehead atoms. The van der Waals surface area contributed by atoms with Gasteiger partial charge in [-0.1, -0.05) is 0 Å². The van der Waals surface area contributed by atoms with E-state index in [0.29, 0.717) is 10.8 Å². The number of carbonyl (C=O) groups is 2. The molecule has 7 heteroatoms. The van der Waals surface area contributed by atoms with Gasteiger partial charge in [0.2, 0.25) is 5.91 Å². The van der Waals surface area contributed by atoms with Gasteiger partial charge in [0.15, 0.2) is 5.13 Å². The van der Waals surface area contributed by atoms with Gasteiger partial charge in [-0.15, -0.1) is 11.3 Å². The first-order chi connectivity index (χ1) is 7.47. The van der Waals surface area contributed by atoms with Gasteiger partial charge in [-0.2, -0.15) is 0 Å². The molecule has 6 nitrogen and oxygen atoms in total. The first-order valence-corrected chi connectivity index (χ1v) is 5.56. The van der Waals surface area contributed by atoms with E-state index in [1.165, 1.54) is 11.3 Å². The number of amides is 1. The first-order valence-electron chi connectivity index (χ1n) is 4.68. The third-order valence-electron chi connectivity index (χ3n) is 1.80. The zero-order chi connectivity index (χ0) is 12.1. The number of nitrogens with one attached hydrogen (secondary N) is 1. The molecule has 0 radical (unpaired) electrons. The molecule has 1 heterocycles. The van der Waals surface area contributed by atoms with E-state index in [1.54, 1.807) is 12.3 Å². The number of nitrogen functional groups attached to an aromatic ring is 1. The minimum Gasteiger partial charge on any atom is -0.481 e. The smallest absolute Gasteiger partial charge is 0.305 e. The van der Waals surface area contributed by atoms with Crippen LogP contribution in [0.5, 0.6) is 0 Å². The van der Waals surface area contributed by atoms with Gasteiger partial charge in [0.1, 0.15) is 0 Å². The van der Waals surface area contributed by atoms with Crippen molar-refractivity contribution in [1.82, 2.24) is 10.3 Å². The summed E-state index contributed by atoms with van der Waals surface area (Å²) in [7, 11) is 0. The Labute approximate surface area is 96.5 Å². The molecule has 1 amide bonds. The summed E-state index contributed by atoms with van der Waals surface area (Å²) in [6.07, 6.45) is 0.0304. The van der Waals surface area contributed by atoms with Crippen LogP contribution in [-0.2, 0) is 16.0 Å². The molecule has 1 aromatic heterocycles. The van der Waals surface area contributed by atoms with E-state index in [-0.39, 0.29) is 24.8 Å². The van der Waals surface area contributed by atoms with Crippen molar-refractivity contribution < 1.29 is 14.7 Å². The highest BCUT2D eigenvalue weighted by Crippen LogP contribution is 2.11. The summed E-state index contributed by atoms with van der Waals surface area (Å²) >= 11 is 1.27. The Morgan fingerprint density at radius 3 is 2.88 bits per heavy atom. The number of aliphatic carboxylic acids is 1. The van der Waals surface area contributed by atoms with Crippen molar-refractivity contribution in [3.05, 3.63) is 11.1 Å². The summed E-state index contributed by atoms with van der Waals surface area (Å²) in [5, 5.41) is 13.2. The number of hydrogen-bond donors (Lipinski definition) is 3. The van der Waals surface area contributed by atoms with Crippen molar-refractivity contribution in [2.24, 2.45) is 0 Å². The average molecular weight is 243 g/mol. The fourth-order valence-electron chi connectivity index (χ4n) is 1.21. The Balaban J connectivity index is 2.38. The van der Waals surface area contributed by atoms with Gasteiger partial charge in [0, 0.05) is 11.4 Å². The van der Waals surface area contributed by atoms with Gasteiger partial charge in [0.25, 0.3) is 0 Å². The van der Waals surface area contributed by atoms with Crippen LogP contribution in [0.4, 0.5) is 5.13 Å². The van der Waals surface area contributed by atoms with Crippen molar-refractivity contribution in [1.29, 1.82) is 0 Å². The fourth-order valence-corrected chi connectivity index (χ4v) is 1.77. The van der Waals surface area contributed by atoms with Crippen LogP contribution in [0.2, 0.25) is 0 Å². The van der Waals surface area contributed by atoms with Crippen molar-refractivity contribution in [3.8, 4) is 0 Å². The van der Waals surface area contributed by atoms with E-state index in [1.807, 2.05) is 0 Å². The van der Waals surface area contributed by atoms with Crippen molar-refractivity contribution in [2.75, 3.05) is 5.73 Å². The Hall–Kier alpha value is -1.63. The number of aromatic nitrogens is 1. The van der Waals surface area contributed by atoms with Gasteiger partial charge in [-0.25, -0.2) is 4.98 Å².